The first kappa shape index (κ1) is 19.0. The molecule has 29 heavy (non-hydrogen) atoms. The molecule has 0 saturated heterocycles. The van der Waals surface area contributed by atoms with Gasteiger partial charge in [0.2, 0.25) is 0 Å². The number of rotatable bonds is 5. The highest BCUT2D eigenvalue weighted by Gasteiger charge is 2.30. The summed E-state index contributed by atoms with van der Waals surface area (Å²) in [5, 5.41) is 12.5. The van der Waals surface area contributed by atoms with Crippen molar-refractivity contribution in [3.05, 3.63) is 77.8 Å². The van der Waals surface area contributed by atoms with Gasteiger partial charge in [0.05, 0.1) is 5.69 Å². The zero-order chi connectivity index (χ0) is 20.4. The van der Waals surface area contributed by atoms with Gasteiger partial charge in [0.1, 0.15) is 16.8 Å². The lowest BCUT2D eigenvalue weighted by Crippen LogP contribution is -2.42. The fourth-order valence-corrected chi connectivity index (χ4v) is 2.92. The molecule has 1 N–H and O–H groups in total. The Morgan fingerprint density at radius 1 is 0.966 bits per heavy atom. The molecule has 6 nitrogen and oxygen atoms in total. The quantitative estimate of drug-likeness (QED) is 0.513. The summed E-state index contributed by atoms with van der Waals surface area (Å²) in [5.74, 6) is 0.290. The predicted molar refractivity (Wildman–Crippen MR) is 114 cm³/mol. The molecule has 1 amide bonds. The van der Waals surface area contributed by atoms with Crippen LogP contribution in [0.3, 0.4) is 0 Å². The molecule has 0 fully saturated rings. The summed E-state index contributed by atoms with van der Waals surface area (Å²) in [6.45, 7) is 3.42. The van der Waals surface area contributed by atoms with Crippen molar-refractivity contribution in [1.82, 2.24) is 15.0 Å². The molecular weight excluding hydrogens is 388 g/mol. The number of carbonyl (C=O) groups excluding carboxylic acids is 1. The number of nitrogens with one attached hydrogen (secondary N) is 1. The van der Waals surface area contributed by atoms with Crippen LogP contribution in [0.5, 0.6) is 5.75 Å². The monoisotopic (exact) mass is 406 g/mol. The second-order valence-corrected chi connectivity index (χ2v) is 7.49. The molecule has 0 aliphatic rings. The van der Waals surface area contributed by atoms with Gasteiger partial charge < -0.3 is 10.1 Å². The summed E-state index contributed by atoms with van der Waals surface area (Å²) in [4.78, 5) is 14.3. The predicted octanol–water partition coefficient (Wildman–Crippen LogP) is 4.87. The number of ether oxygens (including phenoxy) is 1. The van der Waals surface area contributed by atoms with E-state index in [1.807, 2.05) is 36.4 Å². The van der Waals surface area contributed by atoms with Crippen LogP contribution in [-0.2, 0) is 4.79 Å². The van der Waals surface area contributed by atoms with E-state index in [0.29, 0.717) is 22.0 Å². The minimum Gasteiger partial charge on any atom is -0.478 e. The Bertz CT molecular complexity index is 1150. The molecular formula is C22H19ClN4O2. The average molecular weight is 407 g/mol. The smallest absolute Gasteiger partial charge is 0.267 e. The molecule has 1 aromatic heterocycles. The maximum Gasteiger partial charge on any atom is 0.267 e. The number of halogens is 1. The highest BCUT2D eigenvalue weighted by Crippen LogP contribution is 2.23. The summed E-state index contributed by atoms with van der Waals surface area (Å²) in [6, 6.07) is 21.9. The first-order chi connectivity index (χ1) is 13.9. The molecule has 4 rings (SSSR count). The van der Waals surface area contributed by atoms with E-state index >= 15 is 0 Å². The number of para-hydroxylation sites is 1. The van der Waals surface area contributed by atoms with E-state index in [9.17, 15) is 4.79 Å². The van der Waals surface area contributed by atoms with Gasteiger partial charge in [-0.05, 0) is 68.4 Å². The van der Waals surface area contributed by atoms with Crippen molar-refractivity contribution < 1.29 is 9.53 Å². The van der Waals surface area contributed by atoms with E-state index in [1.54, 1.807) is 55.0 Å². The fraction of sp³-hybridized carbons (Fsp3) is 0.136. The standard InChI is InChI=1S/C22H19ClN4O2/c1-22(2,29-18-11-8-15(23)9-12-18)21(28)24-16-10-13-19-20(14-16)26-27(25-19)17-6-4-3-5-7-17/h3-14H,1-2H3,(H,24,28). The van der Waals surface area contributed by atoms with Crippen LogP contribution < -0.4 is 10.1 Å². The van der Waals surface area contributed by atoms with E-state index in [0.717, 1.165) is 11.2 Å². The van der Waals surface area contributed by atoms with Gasteiger partial charge >= 0.3 is 0 Å². The van der Waals surface area contributed by atoms with E-state index in [4.69, 9.17) is 16.3 Å². The third kappa shape index (κ3) is 4.22. The zero-order valence-electron chi connectivity index (χ0n) is 16.0. The van der Waals surface area contributed by atoms with Crippen molar-refractivity contribution in [1.29, 1.82) is 0 Å². The van der Waals surface area contributed by atoms with E-state index in [2.05, 4.69) is 15.5 Å². The van der Waals surface area contributed by atoms with E-state index in [1.165, 1.54) is 0 Å². The van der Waals surface area contributed by atoms with Crippen LogP contribution in [0.2, 0.25) is 5.02 Å². The number of amides is 1. The molecule has 0 spiro atoms. The lowest BCUT2D eigenvalue weighted by molar-refractivity contribution is -0.128. The first-order valence-electron chi connectivity index (χ1n) is 9.09. The van der Waals surface area contributed by atoms with Gasteiger partial charge in [-0.3, -0.25) is 4.79 Å². The van der Waals surface area contributed by atoms with Crippen LogP contribution in [0.25, 0.3) is 16.7 Å². The zero-order valence-corrected chi connectivity index (χ0v) is 16.7. The number of anilines is 1. The van der Waals surface area contributed by atoms with Crippen LogP contribution in [0.1, 0.15) is 13.8 Å². The Morgan fingerprint density at radius 2 is 1.66 bits per heavy atom. The summed E-state index contributed by atoms with van der Waals surface area (Å²) >= 11 is 5.89. The molecule has 0 aliphatic carbocycles. The Morgan fingerprint density at radius 3 is 2.38 bits per heavy atom. The van der Waals surface area contributed by atoms with Gasteiger partial charge in [-0.1, -0.05) is 29.8 Å². The number of nitrogens with zero attached hydrogens (tertiary/aromatic N) is 3. The van der Waals surface area contributed by atoms with Gasteiger partial charge in [0.15, 0.2) is 5.60 Å². The molecule has 0 atom stereocenters. The summed E-state index contributed by atoms with van der Waals surface area (Å²) in [6.07, 6.45) is 0. The van der Waals surface area contributed by atoms with Crippen LogP contribution in [0.4, 0.5) is 5.69 Å². The first-order valence-corrected chi connectivity index (χ1v) is 9.47. The third-order valence-electron chi connectivity index (χ3n) is 4.36. The molecule has 4 aromatic rings. The highest BCUT2D eigenvalue weighted by atomic mass is 35.5. The second kappa shape index (κ2) is 7.56. The maximum absolute atomic E-state index is 12.8. The number of fused-ring (bicyclic) bond motifs is 1. The van der Waals surface area contributed by atoms with Crippen molar-refractivity contribution in [2.45, 2.75) is 19.4 Å². The number of hydrogen-bond acceptors (Lipinski definition) is 4. The minimum atomic E-state index is -1.08. The molecule has 1 heterocycles. The highest BCUT2D eigenvalue weighted by molar-refractivity contribution is 6.30. The second-order valence-electron chi connectivity index (χ2n) is 7.05. The van der Waals surface area contributed by atoms with Crippen molar-refractivity contribution in [2.24, 2.45) is 0 Å². The summed E-state index contributed by atoms with van der Waals surface area (Å²) < 4.78 is 5.84. The number of carbonyl (C=O) groups is 1. The molecule has 0 aliphatic heterocycles. The SMILES string of the molecule is CC(C)(Oc1ccc(Cl)cc1)C(=O)Nc1ccc2nn(-c3ccccc3)nc2c1. The van der Waals surface area contributed by atoms with Crippen molar-refractivity contribution in [3.63, 3.8) is 0 Å². The largest absolute Gasteiger partial charge is 0.478 e. The van der Waals surface area contributed by atoms with Crippen LogP contribution >= 0.6 is 11.6 Å². The van der Waals surface area contributed by atoms with Gasteiger partial charge in [0, 0.05) is 10.7 Å². The minimum absolute atomic E-state index is 0.276. The van der Waals surface area contributed by atoms with Crippen LogP contribution in [-0.4, -0.2) is 26.5 Å². The Labute approximate surface area is 173 Å². The fourth-order valence-electron chi connectivity index (χ4n) is 2.79. The number of hydrogen-bond donors (Lipinski definition) is 1. The number of aromatic nitrogens is 3. The van der Waals surface area contributed by atoms with Crippen molar-refractivity contribution in [2.75, 3.05) is 5.32 Å². The van der Waals surface area contributed by atoms with E-state index < -0.39 is 5.60 Å². The summed E-state index contributed by atoms with van der Waals surface area (Å²) in [5.41, 5.74) is 1.83. The van der Waals surface area contributed by atoms with E-state index in [-0.39, 0.29) is 5.91 Å². The molecule has 146 valence electrons. The molecule has 0 bridgehead atoms. The van der Waals surface area contributed by atoms with Crippen molar-refractivity contribution >= 4 is 34.2 Å². The molecule has 7 heteroatoms. The van der Waals surface area contributed by atoms with Gasteiger partial charge in [0.25, 0.3) is 5.91 Å². The molecule has 0 saturated carbocycles. The Kier molecular flexibility index (Phi) is 4.94. The molecule has 3 aromatic carbocycles. The molecule has 0 unspecified atom stereocenters. The lowest BCUT2D eigenvalue weighted by Gasteiger charge is -2.25. The van der Waals surface area contributed by atoms with Gasteiger partial charge in [-0.2, -0.15) is 4.80 Å². The Balaban J connectivity index is 1.52. The summed E-state index contributed by atoms with van der Waals surface area (Å²) in [7, 11) is 0. The topological polar surface area (TPSA) is 69.0 Å². The van der Waals surface area contributed by atoms with Crippen LogP contribution in [0, 0.1) is 0 Å². The Hall–Kier alpha value is -3.38. The normalized spacial score (nSPS) is 11.4. The third-order valence-corrected chi connectivity index (χ3v) is 4.61. The maximum atomic E-state index is 12.8. The average Bonchev–Trinajstić information content (AvgIpc) is 3.14. The number of benzene rings is 3. The van der Waals surface area contributed by atoms with Crippen molar-refractivity contribution in [3.8, 4) is 11.4 Å². The van der Waals surface area contributed by atoms with Crippen LogP contribution in [0.15, 0.2) is 72.8 Å². The van der Waals surface area contributed by atoms with Gasteiger partial charge in [-0.15, -0.1) is 10.2 Å². The molecule has 0 radical (unpaired) electrons. The lowest BCUT2D eigenvalue weighted by atomic mass is 10.1. The van der Waals surface area contributed by atoms with Gasteiger partial charge in [-0.25, -0.2) is 0 Å².